The van der Waals surface area contributed by atoms with Gasteiger partial charge in [-0.15, -0.1) is 0 Å². The maximum atomic E-state index is 9.75. The zero-order valence-corrected chi connectivity index (χ0v) is 13.0. The van der Waals surface area contributed by atoms with Crippen molar-refractivity contribution in [3.05, 3.63) is 0 Å². The van der Waals surface area contributed by atoms with Gasteiger partial charge in [0.1, 0.15) is 0 Å². The van der Waals surface area contributed by atoms with E-state index in [9.17, 15) is 17.3 Å². The van der Waals surface area contributed by atoms with Crippen LogP contribution in [-0.2, 0) is 0 Å². The first-order chi connectivity index (χ1) is 8.35. The van der Waals surface area contributed by atoms with Crippen LogP contribution in [-0.4, -0.2) is 25.7 Å². The number of halogens is 4. The largest absolute Gasteiger partial charge is 0.673 e. The van der Waals surface area contributed by atoms with Gasteiger partial charge in [-0.3, -0.25) is 0 Å². The van der Waals surface area contributed by atoms with Crippen molar-refractivity contribution in [1.82, 2.24) is 0 Å². The normalized spacial score (nSPS) is 11.3. The van der Waals surface area contributed by atoms with Crippen LogP contribution in [0.2, 0.25) is 0 Å². The minimum atomic E-state index is -6.00. The van der Waals surface area contributed by atoms with E-state index in [1.165, 1.54) is 38.5 Å². The second kappa shape index (κ2) is 13.6. The molecule has 0 amide bonds. The van der Waals surface area contributed by atoms with Crippen molar-refractivity contribution in [2.24, 2.45) is 0 Å². The molecule has 0 aromatic rings. The van der Waals surface area contributed by atoms with E-state index in [0.29, 0.717) is 0 Å². The Hall–Kier alpha value is 0.215. The first-order valence-electron chi connectivity index (χ1n) is 7.05. The molecule has 0 N–H and O–H groups in total. The van der Waals surface area contributed by atoms with Crippen molar-refractivity contribution in [3.8, 4) is 0 Å². The molecule has 0 aromatic heterocycles. The van der Waals surface area contributed by atoms with Gasteiger partial charge in [-0.1, -0.05) is 40.0 Å². The van der Waals surface area contributed by atoms with Gasteiger partial charge in [0.25, 0.3) is 0 Å². The molecule has 0 atom stereocenters. The van der Waals surface area contributed by atoms with Crippen LogP contribution in [0.25, 0.3) is 0 Å². The third-order valence-corrected chi connectivity index (χ3v) is 5.83. The zero-order chi connectivity index (χ0) is 14.4. The molecule has 0 fully saturated rings. The lowest BCUT2D eigenvalue weighted by Gasteiger charge is -2.09. The summed E-state index contributed by atoms with van der Waals surface area (Å²) in [6, 6.07) is 0. The van der Waals surface area contributed by atoms with Crippen molar-refractivity contribution < 1.29 is 18.7 Å². The lowest BCUT2D eigenvalue weighted by Crippen LogP contribution is -2.02. The Balaban J connectivity index is -0.000000366. The molecule has 0 aliphatic rings. The Morgan fingerprint density at radius 3 is 1.11 bits per heavy atom. The number of hydrogen-bond donors (Lipinski definition) is 0. The van der Waals surface area contributed by atoms with Crippen molar-refractivity contribution in [2.45, 2.75) is 59.3 Å². The van der Waals surface area contributed by atoms with Gasteiger partial charge in [0, 0.05) is 9.35 Å². The number of hydrogen-bond acceptors (Lipinski definition) is 0. The molecule has 6 heteroatoms. The summed E-state index contributed by atoms with van der Waals surface area (Å²) in [7, 11) is -5.93. The van der Waals surface area contributed by atoms with Crippen LogP contribution in [0.3, 0.4) is 0 Å². The van der Waals surface area contributed by atoms with Crippen molar-refractivity contribution in [3.63, 3.8) is 0 Å². The quantitative estimate of drug-likeness (QED) is 0.272. The fourth-order valence-electron chi connectivity index (χ4n) is 1.66. The molecule has 0 saturated heterocycles. The van der Waals surface area contributed by atoms with Crippen molar-refractivity contribution >= 4 is 15.2 Å². The lowest BCUT2D eigenvalue weighted by atomic mass is 10.3. The molecule has 0 aliphatic carbocycles. The predicted molar refractivity (Wildman–Crippen MR) is 79.9 cm³/mol. The molecule has 0 spiro atoms. The summed E-state index contributed by atoms with van der Waals surface area (Å²) in [5.74, 6) is 0. The molecular formula is C12H30BF4P. The van der Waals surface area contributed by atoms with Gasteiger partial charge in [0.2, 0.25) is 0 Å². The summed E-state index contributed by atoms with van der Waals surface area (Å²) in [5.41, 5.74) is 0. The highest BCUT2D eigenvalue weighted by atomic mass is 31.1. The van der Waals surface area contributed by atoms with E-state index in [1.54, 1.807) is 18.5 Å². The minimum absolute atomic E-state index is 0. The molecule has 0 aliphatic heterocycles. The topological polar surface area (TPSA) is 0 Å². The molecule has 0 bridgehead atoms. The van der Waals surface area contributed by atoms with Crippen LogP contribution >= 0.6 is 7.92 Å². The van der Waals surface area contributed by atoms with Gasteiger partial charge in [0.05, 0.1) is 18.5 Å². The van der Waals surface area contributed by atoms with E-state index in [-0.39, 0.29) is 9.35 Å². The maximum absolute atomic E-state index is 9.75. The van der Waals surface area contributed by atoms with Crippen LogP contribution in [0.5, 0.6) is 0 Å². The molecule has 0 saturated carbocycles. The number of rotatable bonds is 9. The van der Waals surface area contributed by atoms with E-state index < -0.39 is 7.25 Å². The monoisotopic (exact) mass is 292 g/mol. The Morgan fingerprint density at radius 1 is 0.722 bits per heavy atom. The molecule has 18 heavy (non-hydrogen) atoms. The van der Waals surface area contributed by atoms with Gasteiger partial charge in [-0.2, -0.15) is 0 Å². The summed E-state index contributed by atoms with van der Waals surface area (Å²) < 4.78 is 39.0. The average molecular weight is 292 g/mol. The van der Waals surface area contributed by atoms with Gasteiger partial charge in [-0.25, -0.2) is 0 Å². The predicted octanol–water partition coefficient (Wildman–Crippen LogP) is 6.15. The summed E-state index contributed by atoms with van der Waals surface area (Å²) >= 11 is 0. The number of unbranched alkanes of at least 4 members (excludes halogenated alkanes) is 3. The van der Waals surface area contributed by atoms with Gasteiger partial charge in [0.15, 0.2) is 0 Å². The Morgan fingerprint density at radius 2 is 0.944 bits per heavy atom. The Bertz CT molecular complexity index is 145. The van der Waals surface area contributed by atoms with E-state index in [1.807, 2.05) is 0 Å². The fourth-order valence-corrected chi connectivity index (χ4v) is 4.97. The molecule has 0 nitrogen and oxygen atoms in total. The first kappa shape index (κ1) is 20.5. The van der Waals surface area contributed by atoms with Gasteiger partial charge in [-0.05, 0) is 19.3 Å². The second-order valence-electron chi connectivity index (χ2n) is 4.56. The lowest BCUT2D eigenvalue weighted by molar-refractivity contribution is 0.368. The highest BCUT2D eigenvalue weighted by Crippen LogP contribution is 2.38. The molecule has 0 rings (SSSR count). The minimum Gasteiger partial charge on any atom is -0.418 e. The van der Waals surface area contributed by atoms with Crippen molar-refractivity contribution in [1.29, 1.82) is 0 Å². The molecule has 0 heterocycles. The first-order valence-corrected chi connectivity index (χ1v) is 9.18. The summed E-state index contributed by atoms with van der Waals surface area (Å²) in [6.45, 7) is 6.96. The maximum Gasteiger partial charge on any atom is 0.673 e. The molecule has 114 valence electrons. The molecule has 0 unspecified atom stereocenters. The molecule has 0 aromatic carbocycles. The third-order valence-electron chi connectivity index (χ3n) is 2.65. The summed E-state index contributed by atoms with van der Waals surface area (Å²) in [4.78, 5) is 0. The SMILES string of the molecule is CCCC[PH+](CCCC)CCCC.F[B-](F)(F)F.[HH]. The van der Waals surface area contributed by atoms with Crippen LogP contribution in [0.15, 0.2) is 0 Å². The second-order valence-corrected chi connectivity index (χ2v) is 7.56. The highest BCUT2D eigenvalue weighted by molar-refractivity contribution is 7.57. The van der Waals surface area contributed by atoms with Gasteiger partial charge >= 0.3 is 7.25 Å². The standard InChI is InChI=1S/C12H27P.BF4.H2/c1-4-7-10-13(11-8-5-2)12-9-6-3;2-1(3,4)5;/h4-12H2,1-3H3;;1H/q;-1;/p+1. The van der Waals surface area contributed by atoms with Crippen molar-refractivity contribution in [2.75, 3.05) is 18.5 Å². The Labute approximate surface area is 112 Å². The fraction of sp³-hybridized carbons (Fsp3) is 1.00. The smallest absolute Gasteiger partial charge is 0.418 e. The third kappa shape index (κ3) is 25.2. The average Bonchev–Trinajstić information content (AvgIpc) is 2.26. The van der Waals surface area contributed by atoms with Crippen LogP contribution < -0.4 is 0 Å². The van der Waals surface area contributed by atoms with Crippen LogP contribution in [0.1, 0.15) is 60.7 Å². The highest BCUT2D eigenvalue weighted by Gasteiger charge is 2.20. The molecular weight excluding hydrogens is 262 g/mol. The zero-order valence-electron chi connectivity index (χ0n) is 12.0. The van der Waals surface area contributed by atoms with E-state index in [0.717, 1.165) is 0 Å². The van der Waals surface area contributed by atoms with E-state index in [2.05, 4.69) is 20.8 Å². The summed E-state index contributed by atoms with van der Waals surface area (Å²) in [6.07, 6.45) is 13.4. The molecule has 0 radical (unpaired) electrons. The van der Waals surface area contributed by atoms with Gasteiger partial charge < -0.3 is 17.3 Å². The Kier molecular flexibility index (Phi) is 15.6. The van der Waals surface area contributed by atoms with E-state index in [4.69, 9.17) is 0 Å². The van der Waals surface area contributed by atoms with Crippen LogP contribution in [0.4, 0.5) is 17.3 Å². The van der Waals surface area contributed by atoms with Crippen LogP contribution in [0, 0.1) is 0 Å². The summed E-state index contributed by atoms with van der Waals surface area (Å²) in [5, 5.41) is 0. The van der Waals surface area contributed by atoms with E-state index >= 15 is 0 Å².